The van der Waals surface area contributed by atoms with Crippen LogP contribution in [0.5, 0.6) is 5.75 Å². The summed E-state index contributed by atoms with van der Waals surface area (Å²) in [7, 11) is 1.65. The van der Waals surface area contributed by atoms with E-state index in [1.165, 1.54) is 0 Å². The number of nitrogens with one attached hydrogen (secondary N) is 2. The lowest BCUT2D eigenvalue weighted by molar-refractivity contribution is -0.116. The quantitative estimate of drug-likeness (QED) is 0.911. The van der Waals surface area contributed by atoms with E-state index in [2.05, 4.69) is 15.6 Å². The van der Waals surface area contributed by atoms with Crippen molar-refractivity contribution >= 4 is 28.2 Å². The van der Waals surface area contributed by atoms with E-state index >= 15 is 0 Å². The Morgan fingerprint density at radius 3 is 2.86 bits per heavy atom. The van der Waals surface area contributed by atoms with Crippen LogP contribution in [-0.4, -0.2) is 24.5 Å². The molecule has 2 heterocycles. The summed E-state index contributed by atoms with van der Waals surface area (Å²) in [6, 6.07) is 7.87. The molecule has 0 bridgehead atoms. The molecule has 1 aliphatic heterocycles. The standard InChI is InChI=1S/C15H17N3O2S/c1-3-16-15-18-14-13(21-15)11(8-12(19)17-14)9-4-6-10(20-2)7-5-9/h4-7,11H,3,8H2,1-2H3,(H,16,18)(H,17,19). The second-order valence-electron chi connectivity index (χ2n) is 4.84. The number of hydrogen-bond acceptors (Lipinski definition) is 5. The van der Waals surface area contributed by atoms with Gasteiger partial charge in [-0.05, 0) is 24.6 Å². The minimum absolute atomic E-state index is 0.0108. The Kier molecular flexibility index (Phi) is 3.79. The maximum absolute atomic E-state index is 11.9. The molecule has 0 fully saturated rings. The number of aromatic nitrogens is 1. The number of amides is 1. The number of nitrogens with zero attached hydrogens (tertiary/aromatic N) is 1. The van der Waals surface area contributed by atoms with Crippen molar-refractivity contribution in [2.24, 2.45) is 0 Å². The topological polar surface area (TPSA) is 63.3 Å². The van der Waals surface area contributed by atoms with Crippen molar-refractivity contribution in [1.82, 2.24) is 4.98 Å². The Morgan fingerprint density at radius 1 is 1.43 bits per heavy atom. The molecule has 2 N–H and O–H groups in total. The lowest BCUT2D eigenvalue weighted by atomic mass is 9.91. The van der Waals surface area contributed by atoms with Gasteiger partial charge in [-0.25, -0.2) is 4.98 Å². The fourth-order valence-electron chi connectivity index (χ4n) is 2.45. The Balaban J connectivity index is 1.97. The van der Waals surface area contributed by atoms with E-state index in [1.54, 1.807) is 18.4 Å². The molecular weight excluding hydrogens is 286 g/mol. The maximum atomic E-state index is 11.9. The zero-order valence-corrected chi connectivity index (χ0v) is 12.8. The average molecular weight is 303 g/mol. The maximum Gasteiger partial charge on any atom is 0.226 e. The lowest BCUT2D eigenvalue weighted by Crippen LogP contribution is -2.22. The van der Waals surface area contributed by atoms with Crippen LogP contribution in [-0.2, 0) is 4.79 Å². The SMILES string of the molecule is CCNc1nc2c(s1)C(c1ccc(OC)cc1)CC(=O)N2. The van der Waals surface area contributed by atoms with Gasteiger partial charge in [-0.3, -0.25) is 4.79 Å². The zero-order chi connectivity index (χ0) is 14.8. The van der Waals surface area contributed by atoms with Gasteiger partial charge in [0, 0.05) is 18.9 Å². The van der Waals surface area contributed by atoms with Crippen molar-refractivity contribution in [2.75, 3.05) is 24.3 Å². The van der Waals surface area contributed by atoms with Gasteiger partial charge in [-0.15, -0.1) is 0 Å². The number of ether oxygens (including phenoxy) is 1. The van der Waals surface area contributed by atoms with Gasteiger partial charge < -0.3 is 15.4 Å². The van der Waals surface area contributed by atoms with Gasteiger partial charge in [0.15, 0.2) is 5.13 Å². The Morgan fingerprint density at radius 2 is 2.19 bits per heavy atom. The first-order chi connectivity index (χ1) is 10.2. The molecule has 1 unspecified atom stereocenters. The Labute approximate surface area is 127 Å². The van der Waals surface area contributed by atoms with Gasteiger partial charge >= 0.3 is 0 Å². The molecule has 1 aromatic heterocycles. The third kappa shape index (κ3) is 2.71. The highest BCUT2D eigenvalue weighted by atomic mass is 32.1. The highest BCUT2D eigenvalue weighted by Crippen LogP contribution is 2.42. The molecule has 1 atom stereocenters. The van der Waals surface area contributed by atoms with Crippen LogP contribution in [0.25, 0.3) is 0 Å². The van der Waals surface area contributed by atoms with E-state index in [1.807, 2.05) is 31.2 Å². The molecule has 3 rings (SSSR count). The summed E-state index contributed by atoms with van der Waals surface area (Å²) in [6.45, 7) is 2.84. The van der Waals surface area contributed by atoms with Crippen LogP contribution in [0.4, 0.5) is 10.9 Å². The summed E-state index contributed by atoms with van der Waals surface area (Å²) in [6.07, 6.45) is 0.451. The third-order valence-corrected chi connectivity index (χ3v) is 4.59. The fourth-order valence-corrected chi connectivity index (χ4v) is 3.57. The first-order valence-corrected chi connectivity index (χ1v) is 7.71. The largest absolute Gasteiger partial charge is 0.497 e. The minimum Gasteiger partial charge on any atom is -0.497 e. The van der Waals surface area contributed by atoms with Gasteiger partial charge in [0.2, 0.25) is 5.91 Å². The molecule has 1 aliphatic rings. The number of fused-ring (bicyclic) bond motifs is 1. The smallest absolute Gasteiger partial charge is 0.226 e. The number of thiazole rings is 1. The fraction of sp³-hybridized carbons (Fsp3) is 0.333. The summed E-state index contributed by atoms with van der Waals surface area (Å²) < 4.78 is 5.18. The molecule has 21 heavy (non-hydrogen) atoms. The predicted molar refractivity (Wildman–Crippen MR) is 84.4 cm³/mol. The highest BCUT2D eigenvalue weighted by Gasteiger charge is 2.30. The van der Waals surface area contributed by atoms with Gasteiger partial charge in [0.05, 0.1) is 12.0 Å². The molecule has 0 spiro atoms. The van der Waals surface area contributed by atoms with Crippen molar-refractivity contribution in [2.45, 2.75) is 19.3 Å². The number of carbonyl (C=O) groups is 1. The van der Waals surface area contributed by atoms with E-state index in [9.17, 15) is 4.79 Å². The van der Waals surface area contributed by atoms with E-state index in [-0.39, 0.29) is 11.8 Å². The normalized spacial score (nSPS) is 17.0. The molecule has 0 radical (unpaired) electrons. The number of anilines is 2. The second kappa shape index (κ2) is 5.73. The van der Waals surface area contributed by atoms with Gasteiger partial charge in [0.25, 0.3) is 0 Å². The number of carbonyl (C=O) groups excluding carboxylic acids is 1. The number of methoxy groups -OCH3 is 1. The monoisotopic (exact) mass is 303 g/mol. The molecule has 0 aliphatic carbocycles. The molecule has 5 nitrogen and oxygen atoms in total. The summed E-state index contributed by atoms with van der Waals surface area (Å²) >= 11 is 1.61. The third-order valence-electron chi connectivity index (χ3n) is 3.46. The molecule has 2 aromatic rings. The van der Waals surface area contributed by atoms with Crippen LogP contribution in [0.15, 0.2) is 24.3 Å². The van der Waals surface area contributed by atoms with E-state index in [0.717, 1.165) is 27.9 Å². The van der Waals surface area contributed by atoms with Crippen LogP contribution >= 0.6 is 11.3 Å². The molecular formula is C15H17N3O2S. The van der Waals surface area contributed by atoms with Crippen LogP contribution in [0.1, 0.15) is 29.7 Å². The van der Waals surface area contributed by atoms with Crippen LogP contribution in [0.2, 0.25) is 0 Å². The minimum atomic E-state index is 0.0108. The van der Waals surface area contributed by atoms with Gasteiger partial charge in [-0.1, -0.05) is 23.5 Å². The van der Waals surface area contributed by atoms with Crippen LogP contribution in [0.3, 0.4) is 0 Å². The average Bonchev–Trinajstić information content (AvgIpc) is 2.89. The van der Waals surface area contributed by atoms with Crippen molar-refractivity contribution < 1.29 is 9.53 Å². The lowest BCUT2D eigenvalue weighted by Gasteiger charge is -2.21. The molecule has 0 saturated carbocycles. The predicted octanol–water partition coefficient (Wildman–Crippen LogP) is 3.06. The van der Waals surface area contributed by atoms with Crippen molar-refractivity contribution in [3.8, 4) is 5.75 Å². The first-order valence-electron chi connectivity index (χ1n) is 6.89. The summed E-state index contributed by atoms with van der Waals surface area (Å²) in [5.74, 6) is 1.58. The van der Waals surface area contributed by atoms with E-state index in [4.69, 9.17) is 4.74 Å². The van der Waals surface area contributed by atoms with Crippen molar-refractivity contribution in [3.05, 3.63) is 34.7 Å². The molecule has 1 amide bonds. The Bertz CT molecular complexity index is 651. The zero-order valence-electron chi connectivity index (χ0n) is 12.0. The van der Waals surface area contributed by atoms with Gasteiger partial charge in [0.1, 0.15) is 11.6 Å². The Hall–Kier alpha value is -2.08. The molecule has 1 aromatic carbocycles. The highest BCUT2D eigenvalue weighted by molar-refractivity contribution is 7.16. The summed E-state index contributed by atoms with van der Waals surface area (Å²) in [4.78, 5) is 17.5. The summed E-state index contributed by atoms with van der Waals surface area (Å²) in [5.41, 5.74) is 1.11. The molecule has 110 valence electrons. The number of rotatable bonds is 4. The molecule has 0 saturated heterocycles. The summed E-state index contributed by atoms with van der Waals surface area (Å²) in [5, 5.41) is 6.91. The number of benzene rings is 1. The van der Waals surface area contributed by atoms with E-state index < -0.39 is 0 Å². The van der Waals surface area contributed by atoms with Crippen LogP contribution < -0.4 is 15.4 Å². The van der Waals surface area contributed by atoms with Gasteiger partial charge in [-0.2, -0.15) is 0 Å². The number of hydrogen-bond donors (Lipinski definition) is 2. The van der Waals surface area contributed by atoms with E-state index in [0.29, 0.717) is 12.2 Å². The van der Waals surface area contributed by atoms with Crippen molar-refractivity contribution in [1.29, 1.82) is 0 Å². The van der Waals surface area contributed by atoms with Crippen LogP contribution in [0, 0.1) is 0 Å². The van der Waals surface area contributed by atoms with Crippen molar-refractivity contribution in [3.63, 3.8) is 0 Å². The molecule has 6 heteroatoms. The first kappa shape index (κ1) is 13.9. The second-order valence-corrected chi connectivity index (χ2v) is 5.87.